The molecule has 1 unspecified atom stereocenters. The Balaban J connectivity index is 2.29. The highest BCUT2D eigenvalue weighted by Crippen LogP contribution is 2.22. The molecule has 0 spiro atoms. The zero-order chi connectivity index (χ0) is 15.3. The molecule has 0 saturated carbocycles. The molecule has 4 nitrogen and oxygen atoms in total. The standard InChI is InChI=1S/C16H20N2O2S/c1-3-21(19,20)18-12-15(16-6-4-5-11-17-16)14-9-7-13(2)8-10-14/h4-11,15,18H,3,12H2,1-2H3. The van der Waals surface area contributed by atoms with Gasteiger partial charge in [0.15, 0.2) is 0 Å². The summed E-state index contributed by atoms with van der Waals surface area (Å²) in [6.45, 7) is 3.97. The first-order chi connectivity index (χ1) is 10.0. The first kappa shape index (κ1) is 15.7. The third kappa shape index (κ3) is 4.37. The molecule has 0 fully saturated rings. The van der Waals surface area contributed by atoms with Crippen LogP contribution >= 0.6 is 0 Å². The number of hydrogen-bond acceptors (Lipinski definition) is 3. The molecule has 0 aliphatic carbocycles. The van der Waals surface area contributed by atoms with Crippen LogP contribution in [0.5, 0.6) is 0 Å². The molecule has 0 aliphatic rings. The second kappa shape index (κ2) is 6.83. The number of hydrogen-bond donors (Lipinski definition) is 1. The van der Waals surface area contributed by atoms with E-state index in [9.17, 15) is 8.42 Å². The zero-order valence-electron chi connectivity index (χ0n) is 12.3. The highest BCUT2D eigenvalue weighted by Gasteiger charge is 2.18. The van der Waals surface area contributed by atoms with Gasteiger partial charge < -0.3 is 0 Å². The Labute approximate surface area is 126 Å². The summed E-state index contributed by atoms with van der Waals surface area (Å²) in [5, 5.41) is 0. The number of rotatable bonds is 6. The maximum atomic E-state index is 11.7. The van der Waals surface area contributed by atoms with Gasteiger partial charge in [0.05, 0.1) is 5.75 Å². The van der Waals surface area contributed by atoms with Crippen LogP contribution in [0.4, 0.5) is 0 Å². The van der Waals surface area contributed by atoms with Crippen molar-refractivity contribution in [2.24, 2.45) is 0 Å². The lowest BCUT2D eigenvalue weighted by Crippen LogP contribution is -2.30. The first-order valence-corrected chi connectivity index (χ1v) is 8.62. The summed E-state index contributed by atoms with van der Waals surface area (Å²) < 4.78 is 26.0. The molecule has 2 aromatic rings. The van der Waals surface area contributed by atoms with Crippen LogP contribution in [-0.4, -0.2) is 25.7 Å². The van der Waals surface area contributed by atoms with Crippen molar-refractivity contribution in [2.75, 3.05) is 12.3 Å². The molecule has 21 heavy (non-hydrogen) atoms. The van der Waals surface area contributed by atoms with Crippen molar-refractivity contribution in [2.45, 2.75) is 19.8 Å². The number of pyridine rings is 1. The van der Waals surface area contributed by atoms with E-state index in [1.165, 1.54) is 5.56 Å². The third-order valence-electron chi connectivity index (χ3n) is 3.41. The molecular weight excluding hydrogens is 284 g/mol. The summed E-state index contributed by atoms with van der Waals surface area (Å²) >= 11 is 0. The average Bonchev–Trinajstić information content (AvgIpc) is 2.50. The van der Waals surface area contributed by atoms with E-state index in [0.29, 0.717) is 6.54 Å². The van der Waals surface area contributed by atoms with Crippen LogP contribution in [0.25, 0.3) is 0 Å². The lowest BCUT2D eigenvalue weighted by molar-refractivity contribution is 0.578. The zero-order valence-corrected chi connectivity index (χ0v) is 13.1. The summed E-state index contributed by atoms with van der Waals surface area (Å²) in [6.07, 6.45) is 1.73. The predicted molar refractivity (Wildman–Crippen MR) is 84.7 cm³/mol. The molecule has 2 rings (SSSR count). The SMILES string of the molecule is CCS(=O)(=O)NCC(c1ccc(C)cc1)c1ccccn1. The fraction of sp³-hybridized carbons (Fsp3) is 0.312. The molecule has 0 bridgehead atoms. The Morgan fingerprint density at radius 2 is 1.86 bits per heavy atom. The second-order valence-corrected chi connectivity index (χ2v) is 7.07. The number of benzene rings is 1. The molecule has 1 aromatic carbocycles. The van der Waals surface area contributed by atoms with Gasteiger partial charge in [0.2, 0.25) is 10.0 Å². The first-order valence-electron chi connectivity index (χ1n) is 6.96. The average molecular weight is 304 g/mol. The topological polar surface area (TPSA) is 59.1 Å². The van der Waals surface area contributed by atoms with Gasteiger partial charge in [-0.05, 0) is 31.5 Å². The van der Waals surface area contributed by atoms with Crippen molar-refractivity contribution in [3.05, 3.63) is 65.5 Å². The predicted octanol–water partition coefficient (Wildman–Crippen LogP) is 2.46. The number of aromatic nitrogens is 1. The van der Waals surface area contributed by atoms with Gasteiger partial charge in [0.25, 0.3) is 0 Å². The highest BCUT2D eigenvalue weighted by atomic mass is 32.2. The van der Waals surface area contributed by atoms with Crippen molar-refractivity contribution >= 4 is 10.0 Å². The van der Waals surface area contributed by atoms with Gasteiger partial charge in [0.1, 0.15) is 0 Å². The van der Waals surface area contributed by atoms with Crippen molar-refractivity contribution < 1.29 is 8.42 Å². The summed E-state index contributed by atoms with van der Waals surface area (Å²) in [4.78, 5) is 4.37. The third-order valence-corrected chi connectivity index (χ3v) is 4.78. The van der Waals surface area contributed by atoms with Crippen molar-refractivity contribution in [1.29, 1.82) is 0 Å². The number of nitrogens with zero attached hydrogens (tertiary/aromatic N) is 1. The van der Waals surface area contributed by atoms with Gasteiger partial charge in [-0.1, -0.05) is 35.9 Å². The molecule has 0 amide bonds. The van der Waals surface area contributed by atoms with Gasteiger partial charge in [-0.15, -0.1) is 0 Å². The van der Waals surface area contributed by atoms with E-state index in [0.717, 1.165) is 11.3 Å². The van der Waals surface area contributed by atoms with E-state index < -0.39 is 10.0 Å². The van der Waals surface area contributed by atoms with Crippen molar-refractivity contribution in [3.8, 4) is 0 Å². The quantitative estimate of drug-likeness (QED) is 0.892. The summed E-state index contributed by atoms with van der Waals surface area (Å²) in [5.41, 5.74) is 3.09. The molecule has 112 valence electrons. The number of aryl methyl sites for hydroxylation is 1. The lowest BCUT2D eigenvalue weighted by atomic mass is 9.94. The molecule has 1 atom stereocenters. The molecular formula is C16H20N2O2S. The normalized spacial score (nSPS) is 13.0. The van der Waals surface area contributed by atoms with Crippen LogP contribution in [0, 0.1) is 6.92 Å². The molecule has 1 aromatic heterocycles. The lowest BCUT2D eigenvalue weighted by Gasteiger charge is -2.18. The van der Waals surface area contributed by atoms with Crippen LogP contribution in [0.3, 0.4) is 0 Å². The Morgan fingerprint density at radius 1 is 1.14 bits per heavy atom. The van der Waals surface area contributed by atoms with Crippen LogP contribution in [0.15, 0.2) is 48.7 Å². The molecule has 1 N–H and O–H groups in total. The Hall–Kier alpha value is -1.72. The van der Waals surface area contributed by atoms with E-state index in [2.05, 4.69) is 9.71 Å². The summed E-state index contributed by atoms with van der Waals surface area (Å²) in [7, 11) is -3.22. The fourth-order valence-corrected chi connectivity index (χ4v) is 2.71. The maximum absolute atomic E-state index is 11.7. The minimum Gasteiger partial charge on any atom is -0.261 e. The van der Waals surface area contributed by atoms with E-state index in [1.807, 2.05) is 49.4 Å². The smallest absolute Gasteiger partial charge is 0.211 e. The van der Waals surface area contributed by atoms with Gasteiger partial charge in [0, 0.05) is 24.4 Å². The van der Waals surface area contributed by atoms with E-state index in [4.69, 9.17) is 0 Å². The fourth-order valence-electron chi connectivity index (χ4n) is 2.09. The van der Waals surface area contributed by atoms with Crippen LogP contribution < -0.4 is 4.72 Å². The van der Waals surface area contributed by atoms with Crippen molar-refractivity contribution in [1.82, 2.24) is 9.71 Å². The van der Waals surface area contributed by atoms with Gasteiger partial charge in [-0.3, -0.25) is 4.98 Å². The van der Waals surface area contributed by atoms with Crippen molar-refractivity contribution in [3.63, 3.8) is 0 Å². The Bertz CT molecular complexity index is 667. The van der Waals surface area contributed by atoms with Gasteiger partial charge >= 0.3 is 0 Å². The Kier molecular flexibility index (Phi) is 5.09. The van der Waals surface area contributed by atoms with Gasteiger partial charge in [-0.25, -0.2) is 13.1 Å². The minimum atomic E-state index is -3.22. The van der Waals surface area contributed by atoms with E-state index >= 15 is 0 Å². The molecule has 5 heteroatoms. The second-order valence-electron chi connectivity index (χ2n) is 4.97. The van der Waals surface area contributed by atoms with Crippen LogP contribution in [-0.2, 0) is 10.0 Å². The van der Waals surface area contributed by atoms with Crippen LogP contribution in [0.1, 0.15) is 29.7 Å². The minimum absolute atomic E-state index is 0.0792. The maximum Gasteiger partial charge on any atom is 0.211 e. The Morgan fingerprint density at radius 3 is 2.43 bits per heavy atom. The molecule has 1 heterocycles. The monoisotopic (exact) mass is 304 g/mol. The highest BCUT2D eigenvalue weighted by molar-refractivity contribution is 7.89. The number of sulfonamides is 1. The molecule has 0 saturated heterocycles. The van der Waals surface area contributed by atoms with E-state index in [1.54, 1.807) is 13.1 Å². The summed E-state index contributed by atoms with van der Waals surface area (Å²) in [5.74, 6) is -0.0105. The molecule has 0 radical (unpaired) electrons. The summed E-state index contributed by atoms with van der Waals surface area (Å²) in [6, 6.07) is 13.8. The molecule has 0 aliphatic heterocycles. The largest absolute Gasteiger partial charge is 0.261 e. The van der Waals surface area contributed by atoms with E-state index in [-0.39, 0.29) is 11.7 Å². The number of nitrogens with one attached hydrogen (secondary N) is 1. The van der Waals surface area contributed by atoms with Gasteiger partial charge in [-0.2, -0.15) is 0 Å². The van der Waals surface area contributed by atoms with Crippen LogP contribution in [0.2, 0.25) is 0 Å².